The largest absolute Gasteiger partial charge is 0.494 e. The molecule has 2 aliphatic heterocycles. The molecule has 0 unspecified atom stereocenters. The van der Waals surface area contributed by atoms with Crippen molar-refractivity contribution in [1.82, 2.24) is 19.1 Å². The van der Waals surface area contributed by atoms with Crippen LogP contribution in [0.1, 0.15) is 51.1 Å². The van der Waals surface area contributed by atoms with E-state index in [0.29, 0.717) is 29.3 Å². The predicted octanol–water partition coefficient (Wildman–Crippen LogP) is 5.43. The number of amides is 2. The topological polar surface area (TPSA) is 107 Å². The molecule has 228 valence electrons. The summed E-state index contributed by atoms with van der Waals surface area (Å²) < 4.78 is 24.1. The quantitative estimate of drug-likeness (QED) is 0.278. The Hall–Kier alpha value is -4.83. The summed E-state index contributed by atoms with van der Waals surface area (Å²) in [5.41, 5.74) is 14.5. The number of carbonyl (C=O) groups is 2. The first-order valence-corrected chi connectivity index (χ1v) is 15.4. The molecule has 1 saturated heterocycles. The zero-order valence-electron chi connectivity index (χ0n) is 25.2. The maximum absolute atomic E-state index is 14.3. The number of hydrogen-bond acceptors (Lipinski definition) is 5. The van der Waals surface area contributed by atoms with Gasteiger partial charge < -0.3 is 19.9 Å². The summed E-state index contributed by atoms with van der Waals surface area (Å²) in [4.78, 5) is 31.1. The molecule has 2 atom stereocenters. The van der Waals surface area contributed by atoms with Crippen molar-refractivity contribution in [3.05, 3.63) is 77.0 Å². The smallest absolute Gasteiger partial charge is 0.277 e. The number of piperidine rings is 1. The van der Waals surface area contributed by atoms with Gasteiger partial charge in [-0.15, -0.1) is 0 Å². The lowest BCUT2D eigenvalue weighted by Gasteiger charge is -2.33. The number of aromatic nitrogens is 3. The molecule has 5 aromatic rings. The second-order valence-electron chi connectivity index (χ2n) is 12.6. The van der Waals surface area contributed by atoms with Crippen molar-refractivity contribution in [2.45, 2.75) is 44.9 Å². The molecule has 2 fully saturated rings. The molecule has 8 rings (SSSR count). The molecule has 3 aliphatic rings. The van der Waals surface area contributed by atoms with Crippen molar-refractivity contribution in [3.8, 4) is 28.3 Å². The normalized spacial score (nSPS) is 19.6. The van der Waals surface area contributed by atoms with Gasteiger partial charge >= 0.3 is 0 Å². The number of nitrogens with zero attached hydrogens (tertiary/aromatic N) is 5. The summed E-state index contributed by atoms with van der Waals surface area (Å²) in [5, 5.41) is 6.11. The number of fused-ring (bicyclic) bond motifs is 3. The van der Waals surface area contributed by atoms with E-state index >= 15 is 0 Å². The fraction of sp³-hybridized carbons (Fsp3) is 0.314. The van der Waals surface area contributed by atoms with Crippen LogP contribution < -0.4 is 10.5 Å². The molecule has 45 heavy (non-hydrogen) atoms. The molecule has 10 heteroatoms. The zero-order valence-corrected chi connectivity index (χ0v) is 25.2. The highest BCUT2D eigenvalue weighted by Gasteiger charge is 2.31. The lowest BCUT2D eigenvalue weighted by Crippen LogP contribution is -2.50. The Labute approximate surface area is 259 Å². The summed E-state index contributed by atoms with van der Waals surface area (Å²) in [6.07, 6.45) is 4.81. The molecule has 0 radical (unpaired) electrons. The molecule has 0 spiro atoms. The summed E-state index contributed by atoms with van der Waals surface area (Å²) in [6.45, 7) is 3.22. The lowest BCUT2D eigenvalue weighted by atomic mass is 9.99. The number of methoxy groups -OCH3 is 1. The molecule has 0 bridgehead atoms. The van der Waals surface area contributed by atoms with Crippen LogP contribution in [0.5, 0.6) is 5.75 Å². The first kappa shape index (κ1) is 27.7. The molecular formula is C35H33FN6O3. The zero-order chi connectivity index (χ0) is 31.0. The maximum Gasteiger partial charge on any atom is 0.277 e. The van der Waals surface area contributed by atoms with Gasteiger partial charge in [0, 0.05) is 53.6 Å². The van der Waals surface area contributed by atoms with Gasteiger partial charge in [-0.1, -0.05) is 24.3 Å². The van der Waals surface area contributed by atoms with Gasteiger partial charge in [-0.25, -0.2) is 13.9 Å². The van der Waals surface area contributed by atoms with Crippen molar-refractivity contribution in [2.24, 2.45) is 16.6 Å². The molecule has 1 aliphatic carbocycles. The third-order valence-electron chi connectivity index (χ3n) is 9.34. The van der Waals surface area contributed by atoms with Crippen molar-refractivity contribution in [3.63, 3.8) is 0 Å². The van der Waals surface area contributed by atoms with E-state index in [0.717, 1.165) is 56.6 Å². The number of pyridine rings is 1. The second kappa shape index (κ2) is 10.4. The van der Waals surface area contributed by atoms with Gasteiger partial charge in [0.1, 0.15) is 23.1 Å². The van der Waals surface area contributed by atoms with E-state index < -0.39 is 12.2 Å². The van der Waals surface area contributed by atoms with Crippen molar-refractivity contribution in [1.29, 1.82) is 0 Å². The molecule has 1 saturated carbocycles. The maximum atomic E-state index is 14.3. The summed E-state index contributed by atoms with van der Waals surface area (Å²) in [6, 6.07) is 15.8. The third-order valence-corrected chi connectivity index (χ3v) is 9.34. The number of nitrogens with two attached hydrogens (primary N) is 1. The summed E-state index contributed by atoms with van der Waals surface area (Å²) in [7, 11) is 1.58. The number of likely N-dealkylation sites (tertiary alicyclic amines) is 1. The first-order valence-electron chi connectivity index (χ1n) is 15.4. The third kappa shape index (κ3) is 4.71. The highest BCUT2D eigenvalue weighted by molar-refractivity contribution is 6.13. The van der Waals surface area contributed by atoms with Crippen LogP contribution in [-0.2, 0) is 6.54 Å². The van der Waals surface area contributed by atoms with E-state index in [1.165, 1.54) is 17.7 Å². The Morgan fingerprint density at radius 2 is 1.89 bits per heavy atom. The van der Waals surface area contributed by atoms with Crippen LogP contribution in [0.4, 0.5) is 4.39 Å². The highest BCUT2D eigenvalue weighted by Crippen LogP contribution is 2.39. The molecule has 9 nitrogen and oxygen atoms in total. The van der Waals surface area contributed by atoms with Gasteiger partial charge in [-0.3, -0.25) is 9.59 Å². The average Bonchev–Trinajstić information content (AvgIpc) is 3.56. The Bertz CT molecular complexity index is 2060. The van der Waals surface area contributed by atoms with E-state index in [1.807, 2.05) is 25.1 Å². The van der Waals surface area contributed by atoms with Crippen LogP contribution in [0.15, 0.2) is 59.7 Å². The minimum absolute atomic E-state index is 0.0229. The Balaban J connectivity index is 1.23. The second-order valence-corrected chi connectivity index (χ2v) is 12.6. The Kier molecular flexibility index (Phi) is 6.39. The van der Waals surface area contributed by atoms with Gasteiger partial charge in [0.15, 0.2) is 0 Å². The minimum Gasteiger partial charge on any atom is -0.494 e. The summed E-state index contributed by atoms with van der Waals surface area (Å²) in [5.74, 6) is 0.625. The molecule has 3 aromatic heterocycles. The first-order chi connectivity index (χ1) is 21.8. The average molecular weight is 605 g/mol. The number of carbonyl (C=O) groups excluding carboxylic acids is 2. The van der Waals surface area contributed by atoms with Crippen LogP contribution in [0.3, 0.4) is 0 Å². The van der Waals surface area contributed by atoms with Gasteiger partial charge in [-0.2, -0.15) is 5.10 Å². The van der Waals surface area contributed by atoms with Gasteiger partial charge in [-0.05, 0) is 67.5 Å². The predicted molar refractivity (Wildman–Crippen MR) is 171 cm³/mol. The van der Waals surface area contributed by atoms with E-state index in [-0.39, 0.29) is 24.8 Å². The lowest BCUT2D eigenvalue weighted by molar-refractivity contribution is 0.0605. The molecule has 2 amide bonds. The number of aryl methyl sites for hydroxylation is 1. The highest BCUT2D eigenvalue weighted by atomic mass is 19.1. The standard InChI is InChI=1S/C35H33FN6O3/c1-19-32(39-42-16-25(12-31(45-2)33(19)42)35(44)40-17-26(36)13-27(37)18-40)30-11-23-7-5-22(10-29(23)41(30)15-20-3-4-20)21-6-8-24-14-38-34(43)28(24)9-21/h5-12,14,16,20,26-27H,3-4,13,15,17-18,37H2,1-2H3/t26-,27-/m1/s1. The van der Waals surface area contributed by atoms with Crippen LogP contribution in [0.25, 0.3) is 38.9 Å². The van der Waals surface area contributed by atoms with Crippen LogP contribution in [0, 0.1) is 12.8 Å². The Morgan fingerprint density at radius 3 is 2.67 bits per heavy atom. The summed E-state index contributed by atoms with van der Waals surface area (Å²) >= 11 is 0. The number of halogens is 1. The number of aliphatic imine (C=N–C) groups is 1. The van der Waals surface area contributed by atoms with Crippen LogP contribution >= 0.6 is 0 Å². The molecular weight excluding hydrogens is 571 g/mol. The fourth-order valence-electron chi connectivity index (χ4n) is 6.84. The van der Waals surface area contributed by atoms with Gasteiger partial charge in [0.25, 0.3) is 11.8 Å². The van der Waals surface area contributed by atoms with Crippen LogP contribution in [0.2, 0.25) is 0 Å². The van der Waals surface area contributed by atoms with Crippen molar-refractivity contribution < 1.29 is 18.7 Å². The SMILES string of the molecule is COc1cc(C(=O)N2C[C@H](N)C[C@@H](F)C2)cn2nc(-c3cc4ccc(-c5ccc6c(c5)C(=O)N=C6)cc4n3CC3CC3)c(C)c12. The van der Waals surface area contributed by atoms with E-state index in [4.69, 9.17) is 15.6 Å². The minimum atomic E-state index is -1.14. The number of rotatable bonds is 6. The number of hydrogen-bond donors (Lipinski definition) is 1. The Morgan fingerprint density at radius 1 is 1.09 bits per heavy atom. The van der Waals surface area contributed by atoms with Gasteiger partial charge in [0.2, 0.25) is 0 Å². The van der Waals surface area contributed by atoms with E-state index in [2.05, 4.69) is 33.8 Å². The molecule has 2 N–H and O–H groups in total. The number of benzene rings is 2. The van der Waals surface area contributed by atoms with Crippen molar-refractivity contribution in [2.75, 3.05) is 20.2 Å². The molecule has 5 heterocycles. The molecule has 2 aromatic carbocycles. The monoisotopic (exact) mass is 604 g/mol. The number of alkyl halides is 1. The van der Waals surface area contributed by atoms with E-state index in [9.17, 15) is 14.0 Å². The van der Waals surface area contributed by atoms with E-state index in [1.54, 1.807) is 30.1 Å². The fourth-order valence-corrected chi connectivity index (χ4v) is 6.84. The van der Waals surface area contributed by atoms with Crippen LogP contribution in [-0.4, -0.2) is 69.5 Å². The number of ether oxygens (including phenoxy) is 1. The van der Waals surface area contributed by atoms with Crippen molar-refractivity contribution >= 4 is 34.4 Å². The van der Waals surface area contributed by atoms with Gasteiger partial charge in [0.05, 0.1) is 30.5 Å².